The van der Waals surface area contributed by atoms with Gasteiger partial charge in [0.2, 0.25) is 17.5 Å². The Kier molecular flexibility index (Phi) is 6.85. The minimum absolute atomic E-state index is 0.109. The summed E-state index contributed by atoms with van der Waals surface area (Å²) in [5.74, 6) is 0.168. The monoisotopic (exact) mass is 296 g/mol. The first-order valence-electron chi connectivity index (χ1n) is 6.83. The van der Waals surface area contributed by atoms with Crippen molar-refractivity contribution in [1.29, 1.82) is 0 Å². The van der Waals surface area contributed by atoms with Crippen LogP contribution in [0.5, 0.6) is 0 Å². The third-order valence-corrected chi connectivity index (χ3v) is 2.57. The van der Waals surface area contributed by atoms with Gasteiger partial charge in [-0.15, -0.1) is 0 Å². The molecule has 0 unspecified atom stereocenters. The van der Waals surface area contributed by atoms with E-state index in [2.05, 4.69) is 25.9 Å². The third-order valence-electron chi connectivity index (χ3n) is 2.57. The summed E-state index contributed by atoms with van der Waals surface area (Å²) in [6.07, 6.45) is 2.28. The first-order chi connectivity index (χ1) is 10.1. The van der Waals surface area contributed by atoms with Crippen LogP contribution in [0.2, 0.25) is 0 Å². The van der Waals surface area contributed by atoms with E-state index in [1.54, 1.807) is 0 Å². The number of nitrogens with one attached hydrogen (secondary N) is 3. The van der Waals surface area contributed by atoms with Gasteiger partial charge in [0, 0.05) is 26.1 Å². The molecule has 21 heavy (non-hydrogen) atoms. The van der Waals surface area contributed by atoms with E-state index in [1.807, 2.05) is 13.8 Å². The van der Waals surface area contributed by atoms with E-state index in [0.29, 0.717) is 13.1 Å². The summed E-state index contributed by atoms with van der Waals surface area (Å²) in [4.78, 5) is 29.7. The van der Waals surface area contributed by atoms with Crippen LogP contribution in [0.3, 0.4) is 0 Å². The summed E-state index contributed by atoms with van der Waals surface area (Å²) >= 11 is 0. The molecule has 0 radical (unpaired) electrons. The lowest BCUT2D eigenvalue weighted by atomic mass is 10.3. The fourth-order valence-corrected chi connectivity index (χ4v) is 1.63. The zero-order valence-electron chi connectivity index (χ0n) is 12.2. The van der Waals surface area contributed by atoms with Gasteiger partial charge in [0.25, 0.3) is 0 Å². The molecule has 0 atom stereocenters. The van der Waals surface area contributed by atoms with Crippen molar-refractivity contribution in [3.63, 3.8) is 0 Å². The Bertz CT molecular complexity index is 494. The van der Waals surface area contributed by atoms with Crippen molar-refractivity contribution in [2.24, 2.45) is 0 Å². The zero-order chi connectivity index (χ0) is 15.7. The Morgan fingerprint density at radius 2 is 1.86 bits per heavy atom. The summed E-state index contributed by atoms with van der Waals surface area (Å²) in [6.45, 7) is 5.17. The summed E-state index contributed by atoms with van der Waals surface area (Å²) in [7, 11) is 0. The lowest BCUT2D eigenvalue weighted by molar-refractivity contribution is -0.383. The molecule has 1 amide bonds. The van der Waals surface area contributed by atoms with E-state index in [-0.39, 0.29) is 36.2 Å². The molecular formula is C12H20N6O3. The maximum absolute atomic E-state index is 11.3. The molecule has 1 aromatic rings. The highest BCUT2D eigenvalue weighted by atomic mass is 16.6. The van der Waals surface area contributed by atoms with Crippen LogP contribution in [0.15, 0.2) is 6.33 Å². The van der Waals surface area contributed by atoms with Crippen LogP contribution in [0.4, 0.5) is 17.3 Å². The Balaban J connectivity index is 2.76. The van der Waals surface area contributed by atoms with E-state index in [4.69, 9.17) is 0 Å². The Labute approximate surface area is 122 Å². The minimum Gasteiger partial charge on any atom is -0.364 e. The highest BCUT2D eigenvalue weighted by Crippen LogP contribution is 2.28. The summed E-state index contributed by atoms with van der Waals surface area (Å²) < 4.78 is 0. The van der Waals surface area contributed by atoms with Gasteiger partial charge in [0.15, 0.2) is 0 Å². The third kappa shape index (κ3) is 5.21. The van der Waals surface area contributed by atoms with Crippen LogP contribution in [0.1, 0.15) is 26.7 Å². The lowest BCUT2D eigenvalue weighted by Gasteiger charge is -2.09. The van der Waals surface area contributed by atoms with E-state index in [0.717, 1.165) is 6.42 Å². The number of amides is 1. The van der Waals surface area contributed by atoms with Gasteiger partial charge >= 0.3 is 5.69 Å². The van der Waals surface area contributed by atoms with Crippen LogP contribution in [0.25, 0.3) is 0 Å². The van der Waals surface area contributed by atoms with Gasteiger partial charge in [-0.05, 0) is 13.3 Å². The number of rotatable bonds is 9. The van der Waals surface area contributed by atoms with Crippen molar-refractivity contribution < 1.29 is 9.72 Å². The Morgan fingerprint density at radius 1 is 1.24 bits per heavy atom. The highest BCUT2D eigenvalue weighted by Gasteiger charge is 2.22. The summed E-state index contributed by atoms with van der Waals surface area (Å²) in [5, 5.41) is 19.5. The smallest absolute Gasteiger partial charge is 0.353 e. The van der Waals surface area contributed by atoms with Gasteiger partial charge in [0.1, 0.15) is 6.33 Å². The molecule has 0 spiro atoms. The first kappa shape index (κ1) is 16.6. The van der Waals surface area contributed by atoms with Crippen LogP contribution in [-0.4, -0.2) is 40.4 Å². The number of carbonyl (C=O) groups is 1. The SMILES string of the molecule is CCCNc1ncnc(NCCC(=O)NCC)c1[N+](=O)[O-]. The van der Waals surface area contributed by atoms with Crippen molar-refractivity contribution in [3.8, 4) is 0 Å². The molecule has 9 heteroatoms. The van der Waals surface area contributed by atoms with Gasteiger partial charge in [-0.1, -0.05) is 6.92 Å². The molecule has 0 aliphatic heterocycles. The van der Waals surface area contributed by atoms with Crippen LogP contribution in [-0.2, 0) is 4.79 Å². The van der Waals surface area contributed by atoms with Gasteiger partial charge in [-0.2, -0.15) is 0 Å². The molecule has 0 aromatic carbocycles. The highest BCUT2D eigenvalue weighted by molar-refractivity contribution is 5.76. The second kappa shape index (κ2) is 8.67. The van der Waals surface area contributed by atoms with Gasteiger partial charge in [-0.25, -0.2) is 9.97 Å². The van der Waals surface area contributed by atoms with E-state index >= 15 is 0 Å². The average molecular weight is 296 g/mol. The molecule has 0 aliphatic carbocycles. The van der Waals surface area contributed by atoms with E-state index in [9.17, 15) is 14.9 Å². The topological polar surface area (TPSA) is 122 Å². The second-order valence-corrected chi connectivity index (χ2v) is 4.23. The number of nitrogens with zero attached hydrogens (tertiary/aromatic N) is 3. The first-order valence-corrected chi connectivity index (χ1v) is 6.83. The predicted octanol–water partition coefficient (Wildman–Crippen LogP) is 1.14. The van der Waals surface area contributed by atoms with Crippen molar-refractivity contribution in [2.45, 2.75) is 26.7 Å². The number of hydrogen-bond donors (Lipinski definition) is 3. The number of aromatic nitrogens is 2. The maximum atomic E-state index is 11.3. The molecule has 0 saturated heterocycles. The summed E-state index contributed by atoms with van der Waals surface area (Å²) in [5.41, 5.74) is -0.207. The lowest BCUT2D eigenvalue weighted by Crippen LogP contribution is -2.25. The predicted molar refractivity (Wildman–Crippen MR) is 79.3 cm³/mol. The van der Waals surface area contributed by atoms with E-state index in [1.165, 1.54) is 6.33 Å². The molecule has 0 fully saturated rings. The molecule has 0 bridgehead atoms. The largest absolute Gasteiger partial charge is 0.364 e. The minimum atomic E-state index is -0.535. The Morgan fingerprint density at radius 3 is 2.38 bits per heavy atom. The molecule has 1 rings (SSSR count). The molecule has 9 nitrogen and oxygen atoms in total. The molecule has 1 aromatic heterocycles. The summed E-state index contributed by atoms with van der Waals surface area (Å²) in [6, 6.07) is 0. The number of carbonyl (C=O) groups excluding carboxylic acids is 1. The van der Waals surface area contributed by atoms with E-state index < -0.39 is 4.92 Å². The Hall–Kier alpha value is -2.45. The molecule has 116 valence electrons. The fraction of sp³-hybridized carbons (Fsp3) is 0.583. The number of hydrogen-bond acceptors (Lipinski definition) is 7. The van der Waals surface area contributed by atoms with Gasteiger partial charge in [-0.3, -0.25) is 14.9 Å². The van der Waals surface area contributed by atoms with Crippen molar-refractivity contribution in [2.75, 3.05) is 30.3 Å². The van der Waals surface area contributed by atoms with Gasteiger partial charge in [0.05, 0.1) is 4.92 Å². The van der Waals surface area contributed by atoms with Crippen LogP contribution >= 0.6 is 0 Å². The second-order valence-electron chi connectivity index (χ2n) is 4.23. The van der Waals surface area contributed by atoms with Crippen LogP contribution in [0, 0.1) is 10.1 Å². The number of nitro groups is 1. The quantitative estimate of drug-likeness (QED) is 0.461. The molecule has 0 aliphatic rings. The number of anilines is 2. The normalized spacial score (nSPS) is 10.0. The van der Waals surface area contributed by atoms with Crippen molar-refractivity contribution >= 4 is 23.2 Å². The average Bonchev–Trinajstić information content (AvgIpc) is 2.45. The zero-order valence-corrected chi connectivity index (χ0v) is 12.2. The molecule has 0 saturated carbocycles. The molecular weight excluding hydrogens is 276 g/mol. The molecule has 3 N–H and O–H groups in total. The fourth-order valence-electron chi connectivity index (χ4n) is 1.63. The molecule has 1 heterocycles. The van der Waals surface area contributed by atoms with Crippen molar-refractivity contribution in [1.82, 2.24) is 15.3 Å². The van der Waals surface area contributed by atoms with Crippen LogP contribution < -0.4 is 16.0 Å². The standard InChI is InChI=1S/C12H20N6O3/c1-3-6-14-11-10(18(20)21)12(17-8-16-11)15-7-5-9(19)13-4-2/h8H,3-7H2,1-2H3,(H,13,19)(H2,14,15,16,17). The van der Waals surface area contributed by atoms with Crippen molar-refractivity contribution in [3.05, 3.63) is 16.4 Å². The van der Waals surface area contributed by atoms with Gasteiger partial charge < -0.3 is 16.0 Å². The maximum Gasteiger partial charge on any atom is 0.353 e.